The van der Waals surface area contributed by atoms with E-state index in [-0.39, 0.29) is 5.91 Å². The van der Waals surface area contributed by atoms with Gasteiger partial charge in [-0.2, -0.15) is 0 Å². The fraction of sp³-hybridized carbons (Fsp3) is 0.611. The first-order valence-corrected chi connectivity index (χ1v) is 8.98. The number of carbonyl (C=O) groups excluding carboxylic acids is 1. The fourth-order valence-electron chi connectivity index (χ4n) is 3.76. The second kappa shape index (κ2) is 6.90. The van der Waals surface area contributed by atoms with Gasteiger partial charge in [-0.05, 0) is 37.5 Å². The van der Waals surface area contributed by atoms with Crippen molar-refractivity contribution in [3.05, 3.63) is 28.8 Å². The molecule has 3 rings (SSSR count). The molecule has 0 saturated carbocycles. The van der Waals surface area contributed by atoms with Crippen LogP contribution in [0.1, 0.15) is 18.4 Å². The Kier molecular flexibility index (Phi) is 5.04. The van der Waals surface area contributed by atoms with Crippen molar-refractivity contribution in [3.8, 4) is 0 Å². The largest absolute Gasteiger partial charge is 0.379 e. The molecule has 0 aromatic heterocycles. The molecule has 1 aromatic carbocycles. The first-order valence-electron chi connectivity index (χ1n) is 8.60. The van der Waals surface area contributed by atoms with Crippen LogP contribution in [-0.2, 0) is 4.79 Å². The molecule has 0 bridgehead atoms. The van der Waals surface area contributed by atoms with Crippen molar-refractivity contribution >= 4 is 23.2 Å². The first-order chi connectivity index (χ1) is 11.4. The highest BCUT2D eigenvalue weighted by molar-refractivity contribution is 6.30. The molecule has 0 spiro atoms. The van der Waals surface area contributed by atoms with E-state index in [9.17, 15) is 9.90 Å². The van der Waals surface area contributed by atoms with Crippen molar-refractivity contribution in [3.63, 3.8) is 0 Å². The number of likely N-dealkylation sites (N-methyl/N-ethyl adjacent to an activating group) is 1. The molecular weight excluding hydrogens is 326 g/mol. The van der Waals surface area contributed by atoms with Crippen LogP contribution < -0.4 is 4.90 Å². The number of rotatable bonds is 3. The zero-order valence-electron chi connectivity index (χ0n) is 14.5. The van der Waals surface area contributed by atoms with E-state index in [1.54, 1.807) is 11.9 Å². The van der Waals surface area contributed by atoms with E-state index >= 15 is 0 Å². The molecule has 2 aliphatic heterocycles. The number of likely N-dealkylation sites (tertiary alicyclic amines) is 1. The standard InChI is InChI=1S/C18H26ClN3O2/c1-14-4-5-15(19)12-16(14)22-10-8-21(9-11-22)13-18(24)6-3-7-20(2)17(18)23/h4-5,12,24H,3,6-11,13H2,1-2H3/t18-/m1/s1. The summed E-state index contributed by atoms with van der Waals surface area (Å²) in [5.74, 6) is -0.137. The number of benzene rings is 1. The highest BCUT2D eigenvalue weighted by Crippen LogP contribution is 2.27. The third-order valence-electron chi connectivity index (χ3n) is 5.20. The van der Waals surface area contributed by atoms with E-state index < -0.39 is 5.60 Å². The van der Waals surface area contributed by atoms with E-state index in [1.807, 2.05) is 18.2 Å². The van der Waals surface area contributed by atoms with Crippen LogP contribution in [0.5, 0.6) is 0 Å². The molecule has 2 aliphatic rings. The minimum Gasteiger partial charge on any atom is -0.379 e. The van der Waals surface area contributed by atoms with E-state index in [4.69, 9.17) is 11.6 Å². The zero-order chi connectivity index (χ0) is 17.3. The average Bonchev–Trinajstić information content (AvgIpc) is 2.56. The molecule has 2 heterocycles. The van der Waals surface area contributed by atoms with Gasteiger partial charge < -0.3 is 14.9 Å². The number of β-amino-alcohol motifs (C(OH)–C–C–N with tert-alkyl or cyclic N) is 1. The Labute approximate surface area is 148 Å². The zero-order valence-corrected chi connectivity index (χ0v) is 15.2. The van der Waals surface area contributed by atoms with E-state index in [1.165, 1.54) is 11.3 Å². The van der Waals surface area contributed by atoms with Crippen LogP contribution in [-0.4, -0.2) is 72.7 Å². The lowest BCUT2D eigenvalue weighted by Crippen LogP contribution is -2.60. The van der Waals surface area contributed by atoms with Gasteiger partial charge >= 0.3 is 0 Å². The van der Waals surface area contributed by atoms with Crippen molar-refractivity contribution in [2.24, 2.45) is 0 Å². The number of carbonyl (C=O) groups is 1. The minimum atomic E-state index is -1.22. The van der Waals surface area contributed by atoms with E-state index in [0.29, 0.717) is 13.0 Å². The Bertz CT molecular complexity index is 616. The molecule has 0 aliphatic carbocycles. The lowest BCUT2D eigenvalue weighted by atomic mass is 9.91. The summed E-state index contributed by atoms with van der Waals surface area (Å²) in [6.07, 6.45) is 1.42. The summed E-state index contributed by atoms with van der Waals surface area (Å²) in [6, 6.07) is 5.97. The topological polar surface area (TPSA) is 47.0 Å². The molecule has 132 valence electrons. The van der Waals surface area contributed by atoms with Crippen LogP contribution in [0.15, 0.2) is 18.2 Å². The van der Waals surface area contributed by atoms with Crippen LogP contribution in [0.2, 0.25) is 5.02 Å². The molecule has 6 heteroatoms. The number of hydrogen-bond donors (Lipinski definition) is 1. The summed E-state index contributed by atoms with van der Waals surface area (Å²) in [6.45, 7) is 6.69. The fourth-order valence-corrected chi connectivity index (χ4v) is 3.93. The molecule has 0 radical (unpaired) electrons. The third kappa shape index (κ3) is 3.53. The summed E-state index contributed by atoms with van der Waals surface area (Å²) in [5, 5.41) is 11.5. The number of aryl methyl sites for hydroxylation is 1. The van der Waals surface area contributed by atoms with Gasteiger partial charge in [0.1, 0.15) is 0 Å². The van der Waals surface area contributed by atoms with Crippen molar-refractivity contribution in [1.82, 2.24) is 9.80 Å². The predicted octanol–water partition coefficient (Wildman–Crippen LogP) is 1.75. The molecule has 1 amide bonds. The molecule has 2 fully saturated rings. The van der Waals surface area contributed by atoms with Crippen LogP contribution in [0.25, 0.3) is 0 Å². The maximum atomic E-state index is 12.3. The van der Waals surface area contributed by atoms with Crippen LogP contribution in [0.3, 0.4) is 0 Å². The normalized spacial score (nSPS) is 26.1. The Morgan fingerprint density at radius 2 is 1.92 bits per heavy atom. The van der Waals surface area contributed by atoms with Gasteiger partial charge in [-0.25, -0.2) is 0 Å². The quantitative estimate of drug-likeness (QED) is 0.901. The van der Waals surface area contributed by atoms with Gasteiger partial charge in [0.25, 0.3) is 5.91 Å². The molecule has 5 nitrogen and oxygen atoms in total. The van der Waals surface area contributed by atoms with E-state index in [2.05, 4.69) is 16.7 Å². The van der Waals surface area contributed by atoms with Crippen molar-refractivity contribution in [2.45, 2.75) is 25.4 Å². The number of halogens is 1. The maximum absolute atomic E-state index is 12.3. The predicted molar refractivity (Wildman–Crippen MR) is 96.7 cm³/mol. The Hall–Kier alpha value is -1.30. The number of nitrogens with zero attached hydrogens (tertiary/aromatic N) is 3. The molecule has 1 atom stereocenters. The van der Waals surface area contributed by atoms with Crippen LogP contribution >= 0.6 is 11.6 Å². The van der Waals surface area contributed by atoms with Gasteiger partial charge in [0.15, 0.2) is 5.60 Å². The number of piperidine rings is 1. The summed E-state index contributed by atoms with van der Waals surface area (Å²) >= 11 is 6.13. The molecule has 24 heavy (non-hydrogen) atoms. The van der Waals surface area contributed by atoms with Gasteiger partial charge in [0, 0.05) is 57.0 Å². The molecule has 2 saturated heterocycles. The number of piperazine rings is 1. The van der Waals surface area contributed by atoms with Gasteiger partial charge in [-0.3, -0.25) is 9.69 Å². The maximum Gasteiger partial charge on any atom is 0.255 e. The summed E-state index contributed by atoms with van der Waals surface area (Å²) < 4.78 is 0. The van der Waals surface area contributed by atoms with E-state index in [0.717, 1.165) is 44.2 Å². The molecular formula is C18H26ClN3O2. The van der Waals surface area contributed by atoms with Crippen LogP contribution in [0, 0.1) is 6.92 Å². The monoisotopic (exact) mass is 351 g/mol. The van der Waals surface area contributed by atoms with Crippen molar-refractivity contribution < 1.29 is 9.90 Å². The molecule has 0 unspecified atom stereocenters. The number of anilines is 1. The SMILES string of the molecule is Cc1ccc(Cl)cc1N1CCN(C[C@]2(O)CCCN(C)C2=O)CC1. The molecule has 1 N–H and O–H groups in total. The Morgan fingerprint density at radius 3 is 2.62 bits per heavy atom. The van der Waals surface area contributed by atoms with Crippen molar-refractivity contribution in [1.29, 1.82) is 0 Å². The van der Waals surface area contributed by atoms with Crippen LogP contribution in [0.4, 0.5) is 5.69 Å². The summed E-state index contributed by atoms with van der Waals surface area (Å²) in [5.41, 5.74) is 1.17. The van der Waals surface area contributed by atoms with Gasteiger partial charge in [-0.15, -0.1) is 0 Å². The number of aliphatic hydroxyl groups is 1. The van der Waals surface area contributed by atoms with Gasteiger partial charge in [0.05, 0.1) is 0 Å². The molecule has 1 aromatic rings. The lowest BCUT2D eigenvalue weighted by molar-refractivity contribution is -0.157. The Morgan fingerprint density at radius 1 is 1.21 bits per heavy atom. The third-order valence-corrected chi connectivity index (χ3v) is 5.43. The van der Waals surface area contributed by atoms with Crippen molar-refractivity contribution in [2.75, 3.05) is 51.2 Å². The van der Waals surface area contributed by atoms with Gasteiger partial charge in [-0.1, -0.05) is 17.7 Å². The van der Waals surface area contributed by atoms with Gasteiger partial charge in [0.2, 0.25) is 0 Å². The summed E-state index contributed by atoms with van der Waals surface area (Å²) in [4.78, 5) is 18.5. The Balaban J connectivity index is 1.61. The summed E-state index contributed by atoms with van der Waals surface area (Å²) in [7, 11) is 1.77. The second-order valence-corrected chi connectivity index (χ2v) is 7.49. The number of hydrogen-bond acceptors (Lipinski definition) is 4. The highest BCUT2D eigenvalue weighted by Gasteiger charge is 2.42. The highest BCUT2D eigenvalue weighted by atomic mass is 35.5. The first kappa shape index (κ1) is 17.5. The second-order valence-electron chi connectivity index (χ2n) is 7.06. The minimum absolute atomic E-state index is 0.137. The lowest BCUT2D eigenvalue weighted by Gasteiger charge is -2.42. The smallest absolute Gasteiger partial charge is 0.255 e. The average molecular weight is 352 g/mol. The number of amides is 1.